The number of fused-ring (bicyclic) bond motifs is 3. The van der Waals surface area contributed by atoms with Crippen LogP contribution in [0, 0.1) is 0 Å². The Morgan fingerprint density at radius 1 is 0.567 bits per heavy atom. The third-order valence-electron chi connectivity index (χ3n) is 6.32. The van der Waals surface area contributed by atoms with E-state index in [2.05, 4.69) is 0 Å². The van der Waals surface area contributed by atoms with Gasteiger partial charge in [0.2, 0.25) is 0 Å². The fraction of sp³-hybridized carbons (Fsp3) is 0.273. The Balaban J connectivity index is 1.28. The molecule has 4 heterocycles. The van der Waals surface area contributed by atoms with E-state index in [1.165, 1.54) is 9.80 Å². The number of imide groups is 2. The van der Waals surface area contributed by atoms with Gasteiger partial charge in [-0.1, -0.05) is 24.3 Å². The molecule has 30 heavy (non-hydrogen) atoms. The summed E-state index contributed by atoms with van der Waals surface area (Å²) in [7, 11) is 0. The number of hydrogen-bond acceptors (Lipinski definition) is 6. The molecular weight excluding hydrogens is 388 g/mol. The predicted molar refractivity (Wildman–Crippen MR) is 101 cm³/mol. The molecule has 0 N–H and O–H groups in total. The molecule has 4 aliphatic rings. The molecule has 2 unspecified atom stereocenters. The topological polar surface area (TPSA) is 93.2 Å². The maximum atomic E-state index is 12.8. The van der Waals surface area contributed by atoms with Crippen molar-refractivity contribution in [2.24, 2.45) is 0 Å². The van der Waals surface area contributed by atoms with E-state index in [-0.39, 0.29) is 36.8 Å². The van der Waals surface area contributed by atoms with E-state index in [0.29, 0.717) is 22.3 Å². The van der Waals surface area contributed by atoms with Crippen LogP contribution in [0.5, 0.6) is 0 Å². The average molecular weight is 404 g/mol. The standard InChI is InChI=1S/C22H16N2O6/c25-19-11-5-1-2-6-12(11)20(26)23(19)15-9-29-18-16(10-30-17(15)18)24-21(27)13-7-3-4-8-14(13)22(24)28/h1-8,15-18H,9-10H2/t15-,16-,17?,18?/m0/s1. The highest BCUT2D eigenvalue weighted by Crippen LogP contribution is 2.38. The lowest BCUT2D eigenvalue weighted by atomic mass is 10.0. The van der Waals surface area contributed by atoms with Gasteiger partial charge in [0, 0.05) is 0 Å². The molecule has 150 valence electrons. The van der Waals surface area contributed by atoms with Crippen molar-refractivity contribution in [3.05, 3.63) is 70.8 Å². The van der Waals surface area contributed by atoms with Gasteiger partial charge in [-0.2, -0.15) is 0 Å². The number of carbonyl (C=O) groups is 4. The van der Waals surface area contributed by atoms with Gasteiger partial charge in [-0.25, -0.2) is 0 Å². The number of hydrogen-bond donors (Lipinski definition) is 0. The van der Waals surface area contributed by atoms with Crippen molar-refractivity contribution in [3.8, 4) is 0 Å². The average Bonchev–Trinajstić information content (AvgIpc) is 3.48. The molecule has 2 aromatic rings. The zero-order chi connectivity index (χ0) is 20.6. The smallest absolute Gasteiger partial charge is 0.261 e. The number of ether oxygens (including phenoxy) is 2. The molecule has 8 nitrogen and oxygen atoms in total. The van der Waals surface area contributed by atoms with E-state index in [1.54, 1.807) is 48.5 Å². The molecule has 0 saturated carbocycles. The van der Waals surface area contributed by atoms with Gasteiger partial charge >= 0.3 is 0 Å². The molecule has 4 amide bonds. The molecule has 2 fully saturated rings. The van der Waals surface area contributed by atoms with E-state index in [1.807, 2.05) is 0 Å². The van der Waals surface area contributed by atoms with Crippen LogP contribution in [0.4, 0.5) is 0 Å². The third-order valence-corrected chi connectivity index (χ3v) is 6.32. The van der Waals surface area contributed by atoms with Gasteiger partial charge < -0.3 is 9.47 Å². The minimum absolute atomic E-state index is 0.0977. The van der Waals surface area contributed by atoms with Crippen LogP contribution in [-0.4, -0.2) is 70.9 Å². The van der Waals surface area contributed by atoms with Gasteiger partial charge in [-0.3, -0.25) is 29.0 Å². The van der Waals surface area contributed by atoms with Crippen molar-refractivity contribution in [2.75, 3.05) is 13.2 Å². The predicted octanol–water partition coefficient (Wildman–Crippen LogP) is 1.11. The summed E-state index contributed by atoms with van der Waals surface area (Å²) in [5, 5.41) is 0. The Morgan fingerprint density at radius 3 is 1.17 bits per heavy atom. The van der Waals surface area contributed by atoms with Crippen LogP contribution in [0.1, 0.15) is 41.4 Å². The maximum Gasteiger partial charge on any atom is 0.261 e. The monoisotopic (exact) mass is 404 g/mol. The fourth-order valence-electron chi connectivity index (χ4n) is 4.92. The Labute approximate surface area is 171 Å². The van der Waals surface area contributed by atoms with E-state index in [4.69, 9.17) is 9.47 Å². The van der Waals surface area contributed by atoms with Crippen molar-refractivity contribution < 1.29 is 28.7 Å². The lowest BCUT2D eigenvalue weighted by Crippen LogP contribution is -2.50. The number of carbonyl (C=O) groups excluding carboxylic acids is 4. The summed E-state index contributed by atoms with van der Waals surface area (Å²) in [4.78, 5) is 53.8. The summed E-state index contributed by atoms with van der Waals surface area (Å²) in [6, 6.07) is 12.1. The molecule has 0 spiro atoms. The first-order valence-electron chi connectivity index (χ1n) is 9.75. The lowest BCUT2D eigenvalue weighted by molar-refractivity contribution is 0.0270. The minimum Gasteiger partial charge on any atom is -0.371 e. The van der Waals surface area contributed by atoms with Gasteiger partial charge in [-0.05, 0) is 24.3 Å². The van der Waals surface area contributed by atoms with Crippen molar-refractivity contribution in [3.63, 3.8) is 0 Å². The van der Waals surface area contributed by atoms with Crippen molar-refractivity contribution in [1.82, 2.24) is 9.80 Å². The molecular formula is C22H16N2O6. The quantitative estimate of drug-likeness (QED) is 0.697. The van der Waals surface area contributed by atoms with Crippen molar-refractivity contribution >= 4 is 23.6 Å². The molecule has 0 aromatic heterocycles. The van der Waals surface area contributed by atoms with Crippen molar-refractivity contribution in [2.45, 2.75) is 24.3 Å². The molecule has 0 bridgehead atoms. The first-order chi connectivity index (χ1) is 14.6. The summed E-state index contributed by atoms with van der Waals surface area (Å²) < 4.78 is 11.8. The van der Waals surface area contributed by atoms with Crippen LogP contribution in [0.3, 0.4) is 0 Å². The van der Waals surface area contributed by atoms with Crippen LogP contribution in [0.2, 0.25) is 0 Å². The molecule has 8 heteroatoms. The second-order valence-corrected chi connectivity index (χ2v) is 7.78. The van der Waals surface area contributed by atoms with Crippen LogP contribution in [-0.2, 0) is 9.47 Å². The Bertz CT molecular complexity index is 984. The molecule has 4 aliphatic heterocycles. The van der Waals surface area contributed by atoms with Crippen LogP contribution in [0.15, 0.2) is 48.5 Å². The largest absolute Gasteiger partial charge is 0.371 e. The molecule has 0 aliphatic carbocycles. The fourth-order valence-corrected chi connectivity index (χ4v) is 4.92. The second-order valence-electron chi connectivity index (χ2n) is 7.78. The van der Waals surface area contributed by atoms with Crippen LogP contribution < -0.4 is 0 Å². The lowest BCUT2D eigenvalue weighted by Gasteiger charge is -2.26. The number of rotatable bonds is 2. The van der Waals surface area contributed by atoms with Crippen molar-refractivity contribution in [1.29, 1.82) is 0 Å². The summed E-state index contributed by atoms with van der Waals surface area (Å²) in [5.41, 5.74) is 1.45. The highest BCUT2D eigenvalue weighted by atomic mass is 16.6. The summed E-state index contributed by atoms with van der Waals surface area (Å²) in [6.45, 7) is 0.195. The molecule has 2 saturated heterocycles. The normalized spacial score (nSPS) is 29.6. The van der Waals surface area contributed by atoms with E-state index >= 15 is 0 Å². The molecule has 2 aromatic carbocycles. The van der Waals surface area contributed by atoms with Gasteiger partial charge in [0.1, 0.15) is 12.2 Å². The highest BCUT2D eigenvalue weighted by Gasteiger charge is 2.57. The third kappa shape index (κ3) is 2.12. The zero-order valence-corrected chi connectivity index (χ0v) is 15.7. The zero-order valence-electron chi connectivity index (χ0n) is 15.7. The van der Waals surface area contributed by atoms with Gasteiger partial charge in [-0.15, -0.1) is 0 Å². The molecule has 0 radical (unpaired) electrons. The SMILES string of the molecule is O=C1c2ccccc2C(=O)N1[C@H]1COC2C1OC[C@@H]2N1C(=O)c2ccccc2C1=O. The Hall–Kier alpha value is -3.36. The molecule has 4 atom stereocenters. The highest BCUT2D eigenvalue weighted by molar-refractivity contribution is 6.22. The number of amides is 4. The minimum atomic E-state index is -0.609. The summed E-state index contributed by atoms with van der Waals surface area (Å²) >= 11 is 0. The van der Waals surface area contributed by atoms with Gasteiger partial charge in [0.25, 0.3) is 23.6 Å². The van der Waals surface area contributed by atoms with E-state index in [9.17, 15) is 19.2 Å². The van der Waals surface area contributed by atoms with Crippen LogP contribution >= 0.6 is 0 Å². The Kier molecular flexibility index (Phi) is 3.54. The second kappa shape index (κ2) is 6.07. The van der Waals surface area contributed by atoms with E-state index < -0.39 is 24.3 Å². The number of benzene rings is 2. The summed E-state index contributed by atoms with van der Waals surface area (Å²) in [5.74, 6) is -1.51. The Morgan fingerprint density at radius 2 is 0.867 bits per heavy atom. The van der Waals surface area contributed by atoms with Crippen LogP contribution in [0.25, 0.3) is 0 Å². The molecule has 6 rings (SSSR count). The summed E-state index contributed by atoms with van der Waals surface area (Å²) in [6.07, 6.45) is -1.19. The van der Waals surface area contributed by atoms with Gasteiger partial charge in [0.15, 0.2) is 0 Å². The maximum absolute atomic E-state index is 12.8. The van der Waals surface area contributed by atoms with Gasteiger partial charge in [0.05, 0.1) is 47.6 Å². The first-order valence-corrected chi connectivity index (χ1v) is 9.75. The first kappa shape index (κ1) is 17.5. The number of nitrogens with zero attached hydrogens (tertiary/aromatic N) is 2. The van der Waals surface area contributed by atoms with E-state index in [0.717, 1.165) is 0 Å².